The number of ether oxygens (including phenoxy) is 2. The number of benzene rings is 2. The van der Waals surface area contributed by atoms with E-state index >= 15 is 0 Å². The van der Waals surface area contributed by atoms with Crippen molar-refractivity contribution in [2.45, 2.75) is 45.3 Å². The van der Waals surface area contributed by atoms with Gasteiger partial charge in [-0.25, -0.2) is 4.79 Å². The molecule has 2 aliphatic rings. The molecule has 0 unspecified atom stereocenters. The van der Waals surface area contributed by atoms with Gasteiger partial charge in [-0.1, -0.05) is 55.3 Å². The highest BCUT2D eigenvalue weighted by Crippen LogP contribution is 2.37. The SMILES string of the molecule is COC(=O)C1=C(C)N(C2CCCC2)C(=O)C1=Cc1ccc(OCc2ccccc2)cc1. The zero-order valence-corrected chi connectivity index (χ0v) is 18.0. The number of rotatable bonds is 6. The molecule has 1 fully saturated rings. The van der Waals surface area contributed by atoms with Gasteiger partial charge in [0.1, 0.15) is 12.4 Å². The molecular formula is C26H27NO4. The Hall–Kier alpha value is -3.34. The van der Waals surface area contributed by atoms with Crippen molar-refractivity contribution in [3.63, 3.8) is 0 Å². The number of allylic oxidation sites excluding steroid dienone is 1. The first-order valence-corrected chi connectivity index (χ1v) is 10.7. The Bertz CT molecular complexity index is 1020. The van der Waals surface area contributed by atoms with Gasteiger partial charge >= 0.3 is 5.97 Å². The molecule has 1 aliphatic heterocycles. The number of carbonyl (C=O) groups excluding carboxylic acids is 2. The maximum absolute atomic E-state index is 13.2. The summed E-state index contributed by atoms with van der Waals surface area (Å²) in [7, 11) is 1.35. The highest BCUT2D eigenvalue weighted by molar-refractivity contribution is 6.16. The molecule has 31 heavy (non-hydrogen) atoms. The predicted molar refractivity (Wildman–Crippen MR) is 119 cm³/mol. The molecule has 5 heteroatoms. The monoisotopic (exact) mass is 417 g/mol. The van der Waals surface area contributed by atoms with Crippen LogP contribution < -0.4 is 4.74 Å². The van der Waals surface area contributed by atoms with Gasteiger partial charge in [0.15, 0.2) is 0 Å². The summed E-state index contributed by atoms with van der Waals surface area (Å²) >= 11 is 0. The van der Waals surface area contributed by atoms with Crippen molar-refractivity contribution in [2.75, 3.05) is 7.11 Å². The molecule has 0 saturated heterocycles. The molecule has 1 aliphatic carbocycles. The number of carbonyl (C=O) groups is 2. The first kappa shape index (κ1) is 20.9. The van der Waals surface area contributed by atoms with E-state index in [2.05, 4.69) is 0 Å². The fourth-order valence-electron chi connectivity index (χ4n) is 4.37. The zero-order valence-electron chi connectivity index (χ0n) is 18.0. The molecule has 0 bridgehead atoms. The Labute approximate surface area is 183 Å². The lowest BCUT2D eigenvalue weighted by Crippen LogP contribution is -2.34. The molecule has 0 N–H and O–H groups in total. The van der Waals surface area contributed by atoms with E-state index < -0.39 is 5.97 Å². The largest absolute Gasteiger partial charge is 0.489 e. The van der Waals surface area contributed by atoms with Gasteiger partial charge in [-0.05, 0) is 49.1 Å². The number of hydrogen-bond acceptors (Lipinski definition) is 4. The topological polar surface area (TPSA) is 55.8 Å². The second kappa shape index (κ2) is 9.21. The van der Waals surface area contributed by atoms with E-state index in [9.17, 15) is 9.59 Å². The van der Waals surface area contributed by atoms with Gasteiger partial charge in [-0.3, -0.25) is 4.79 Å². The van der Waals surface area contributed by atoms with Gasteiger partial charge in [-0.15, -0.1) is 0 Å². The van der Waals surface area contributed by atoms with E-state index in [1.54, 1.807) is 11.0 Å². The minimum Gasteiger partial charge on any atom is -0.489 e. The van der Waals surface area contributed by atoms with E-state index in [4.69, 9.17) is 9.47 Å². The average molecular weight is 418 g/mol. The predicted octanol–water partition coefficient (Wildman–Crippen LogP) is 4.88. The molecule has 5 nitrogen and oxygen atoms in total. The van der Waals surface area contributed by atoms with Crippen molar-refractivity contribution in [1.82, 2.24) is 4.90 Å². The van der Waals surface area contributed by atoms with Crippen LogP contribution in [0, 0.1) is 0 Å². The van der Waals surface area contributed by atoms with Crippen molar-refractivity contribution in [1.29, 1.82) is 0 Å². The molecular weight excluding hydrogens is 390 g/mol. The van der Waals surface area contributed by atoms with Crippen molar-refractivity contribution >= 4 is 18.0 Å². The summed E-state index contributed by atoms with van der Waals surface area (Å²) in [4.78, 5) is 27.5. The van der Waals surface area contributed by atoms with Gasteiger partial charge in [0.2, 0.25) is 0 Å². The lowest BCUT2D eigenvalue weighted by atomic mass is 10.0. The second-order valence-corrected chi connectivity index (χ2v) is 7.97. The molecule has 160 valence electrons. The number of nitrogens with zero attached hydrogens (tertiary/aromatic N) is 1. The first-order chi connectivity index (χ1) is 15.1. The molecule has 0 spiro atoms. The van der Waals surface area contributed by atoms with Crippen LogP contribution in [0.5, 0.6) is 5.75 Å². The van der Waals surface area contributed by atoms with E-state index in [0.717, 1.165) is 42.6 Å². The second-order valence-electron chi connectivity index (χ2n) is 7.97. The van der Waals surface area contributed by atoms with Crippen molar-refractivity contribution in [3.8, 4) is 5.75 Å². The highest BCUT2D eigenvalue weighted by Gasteiger charge is 2.40. The number of hydrogen-bond donors (Lipinski definition) is 0. The number of methoxy groups -OCH3 is 1. The van der Waals surface area contributed by atoms with Gasteiger partial charge in [0, 0.05) is 11.7 Å². The Morgan fingerprint density at radius 3 is 2.39 bits per heavy atom. The van der Waals surface area contributed by atoms with Crippen molar-refractivity contribution in [3.05, 3.63) is 82.6 Å². The Morgan fingerprint density at radius 2 is 1.74 bits per heavy atom. The molecule has 4 rings (SSSR count). The Morgan fingerprint density at radius 1 is 1.06 bits per heavy atom. The fourth-order valence-corrected chi connectivity index (χ4v) is 4.37. The number of esters is 1. The van der Waals surface area contributed by atoms with Crippen molar-refractivity contribution in [2.24, 2.45) is 0 Å². The van der Waals surface area contributed by atoms with E-state index in [1.165, 1.54) is 7.11 Å². The normalized spacial score (nSPS) is 18.2. The third-order valence-corrected chi connectivity index (χ3v) is 5.96. The fraction of sp³-hybridized carbons (Fsp3) is 0.308. The van der Waals surface area contributed by atoms with E-state index in [-0.39, 0.29) is 11.9 Å². The van der Waals surface area contributed by atoms with Crippen LogP contribution >= 0.6 is 0 Å². The van der Waals surface area contributed by atoms with E-state index in [0.29, 0.717) is 23.5 Å². The zero-order chi connectivity index (χ0) is 21.8. The average Bonchev–Trinajstić information content (AvgIpc) is 3.40. The van der Waals surface area contributed by atoms with Crippen LogP contribution in [0.2, 0.25) is 0 Å². The Kier molecular flexibility index (Phi) is 6.21. The summed E-state index contributed by atoms with van der Waals surface area (Å²) in [6.45, 7) is 2.33. The summed E-state index contributed by atoms with van der Waals surface area (Å²) in [5.41, 5.74) is 3.38. The van der Waals surface area contributed by atoms with Crippen LogP contribution in [-0.4, -0.2) is 29.9 Å². The van der Waals surface area contributed by atoms with Crippen LogP contribution in [0.1, 0.15) is 43.7 Å². The van der Waals surface area contributed by atoms with Gasteiger partial charge in [0.25, 0.3) is 5.91 Å². The standard InChI is InChI=1S/C26H27NO4/c1-18-24(26(29)30-2)23(25(28)27(18)21-10-6-7-11-21)16-19-12-14-22(15-13-19)31-17-20-8-4-3-5-9-20/h3-5,8-9,12-16,21H,6-7,10-11,17H2,1-2H3. The van der Waals surface area contributed by atoms with Crippen LogP contribution in [0.3, 0.4) is 0 Å². The van der Waals surface area contributed by atoms with Crippen LogP contribution in [-0.2, 0) is 20.9 Å². The Balaban J connectivity index is 1.55. The lowest BCUT2D eigenvalue weighted by molar-refractivity contribution is -0.136. The third-order valence-electron chi connectivity index (χ3n) is 5.96. The maximum atomic E-state index is 13.2. The quantitative estimate of drug-likeness (QED) is 0.497. The minimum atomic E-state index is -0.472. The molecule has 2 aromatic rings. The van der Waals surface area contributed by atoms with Crippen LogP contribution in [0.4, 0.5) is 0 Å². The van der Waals surface area contributed by atoms with Crippen LogP contribution in [0.25, 0.3) is 6.08 Å². The minimum absolute atomic E-state index is 0.116. The molecule has 0 atom stereocenters. The van der Waals surface area contributed by atoms with Gasteiger partial charge < -0.3 is 14.4 Å². The third kappa shape index (κ3) is 4.41. The molecule has 1 amide bonds. The summed E-state index contributed by atoms with van der Waals surface area (Å²) in [6, 6.07) is 17.7. The first-order valence-electron chi connectivity index (χ1n) is 10.7. The highest BCUT2D eigenvalue weighted by atomic mass is 16.5. The number of amides is 1. The summed E-state index contributed by atoms with van der Waals surface area (Å²) in [6.07, 6.45) is 5.93. The van der Waals surface area contributed by atoms with Crippen LogP contribution in [0.15, 0.2) is 71.4 Å². The van der Waals surface area contributed by atoms with Gasteiger partial charge in [-0.2, -0.15) is 0 Å². The molecule has 1 saturated carbocycles. The smallest absolute Gasteiger partial charge is 0.340 e. The van der Waals surface area contributed by atoms with E-state index in [1.807, 2.05) is 61.5 Å². The molecule has 2 aromatic carbocycles. The molecule has 1 heterocycles. The van der Waals surface area contributed by atoms with Crippen molar-refractivity contribution < 1.29 is 19.1 Å². The lowest BCUT2D eigenvalue weighted by Gasteiger charge is -2.25. The van der Waals surface area contributed by atoms with Gasteiger partial charge in [0.05, 0.1) is 18.3 Å². The summed E-state index contributed by atoms with van der Waals surface area (Å²) in [5.74, 6) is 0.158. The summed E-state index contributed by atoms with van der Waals surface area (Å²) < 4.78 is 10.8. The maximum Gasteiger partial charge on any atom is 0.340 e. The molecule has 0 aromatic heterocycles. The molecule has 0 radical (unpaired) electrons. The summed E-state index contributed by atoms with van der Waals surface area (Å²) in [5, 5.41) is 0.